The van der Waals surface area contributed by atoms with Crippen LogP contribution in [-0.2, 0) is 4.79 Å². The van der Waals surface area contributed by atoms with Crippen LogP contribution in [0.2, 0.25) is 5.02 Å². The molecule has 0 aliphatic carbocycles. The molecule has 2 saturated heterocycles. The number of likely N-dealkylation sites (N-methyl/N-ethyl adjacent to an activating group) is 1. The molecule has 0 N–H and O–H groups in total. The van der Waals surface area contributed by atoms with E-state index in [4.69, 9.17) is 16.6 Å². The zero-order chi connectivity index (χ0) is 18.4. The summed E-state index contributed by atoms with van der Waals surface area (Å²) in [6.45, 7) is 3.94. The third-order valence-electron chi connectivity index (χ3n) is 5.23. The molecule has 7 nitrogen and oxygen atoms in total. The normalized spacial score (nSPS) is 25.0. The maximum Gasteiger partial charge on any atom is 0.328 e. The van der Waals surface area contributed by atoms with Crippen LogP contribution >= 0.6 is 11.6 Å². The Kier molecular flexibility index (Phi) is 4.26. The number of amides is 3. The number of urea groups is 1. The molecule has 2 unspecified atom stereocenters. The lowest BCUT2D eigenvalue weighted by Crippen LogP contribution is -2.64. The number of hydrogen-bond acceptors (Lipinski definition) is 5. The zero-order valence-corrected chi connectivity index (χ0v) is 15.7. The quantitative estimate of drug-likeness (QED) is 0.809. The van der Waals surface area contributed by atoms with Gasteiger partial charge in [0.25, 0.3) is 5.91 Å². The summed E-state index contributed by atoms with van der Waals surface area (Å²) in [4.78, 5) is 37.4. The van der Waals surface area contributed by atoms with Crippen molar-refractivity contribution in [2.75, 3.05) is 31.6 Å². The highest BCUT2D eigenvalue weighted by atomic mass is 35.5. The van der Waals surface area contributed by atoms with Gasteiger partial charge in [-0.1, -0.05) is 31.0 Å². The van der Waals surface area contributed by atoms with Crippen molar-refractivity contribution < 1.29 is 9.59 Å². The van der Waals surface area contributed by atoms with Gasteiger partial charge in [-0.15, -0.1) is 0 Å². The molecule has 4 rings (SSSR count). The molecule has 1 aromatic carbocycles. The number of imide groups is 1. The number of fused-ring (bicyclic) bond motifs is 3. The van der Waals surface area contributed by atoms with Crippen LogP contribution < -0.4 is 4.90 Å². The van der Waals surface area contributed by atoms with Gasteiger partial charge in [-0.25, -0.2) is 9.79 Å². The van der Waals surface area contributed by atoms with Crippen LogP contribution in [0.5, 0.6) is 0 Å². The number of carbonyl (C=O) groups excluding carboxylic acids is 2. The minimum atomic E-state index is -0.468. The van der Waals surface area contributed by atoms with E-state index >= 15 is 0 Å². The van der Waals surface area contributed by atoms with Gasteiger partial charge < -0.3 is 14.7 Å². The number of nitrogens with zero attached hydrogens (tertiary/aromatic N) is 5. The third-order valence-corrected chi connectivity index (χ3v) is 5.47. The second kappa shape index (κ2) is 6.46. The number of aliphatic imine (C=N–C) groups is 1. The van der Waals surface area contributed by atoms with Crippen molar-refractivity contribution in [3.63, 3.8) is 0 Å². The fraction of sp³-hybridized carbons (Fsp3) is 0.500. The van der Waals surface area contributed by atoms with Crippen LogP contribution in [0, 0.1) is 0 Å². The Labute approximate surface area is 157 Å². The molecule has 138 valence electrons. The first kappa shape index (κ1) is 17.1. The van der Waals surface area contributed by atoms with E-state index in [1.54, 1.807) is 11.9 Å². The monoisotopic (exact) mass is 375 g/mol. The SMILES string of the molecule is CCCCN1C(=O)C2C(N=C3N(c4cccc(Cl)c4)CCN32)N(C)C1=O. The Morgan fingerprint density at radius 1 is 1.27 bits per heavy atom. The van der Waals surface area contributed by atoms with Crippen LogP contribution in [0.15, 0.2) is 29.3 Å². The lowest BCUT2D eigenvalue weighted by Gasteiger charge is -2.40. The maximum atomic E-state index is 13.0. The minimum Gasteiger partial charge on any atom is -0.325 e. The standard InChI is InChI=1S/C18H22ClN5O2/c1-3-4-8-24-16(25)14-15(21(2)18(24)26)20-17-22(9-10-23(14)17)13-7-5-6-12(19)11-13/h5-7,11,14-15H,3-4,8-10H2,1-2H3. The van der Waals surface area contributed by atoms with Crippen LogP contribution in [0.25, 0.3) is 0 Å². The third kappa shape index (κ3) is 2.53. The van der Waals surface area contributed by atoms with Crippen LogP contribution in [-0.4, -0.2) is 71.5 Å². The van der Waals surface area contributed by atoms with Gasteiger partial charge in [0.1, 0.15) is 0 Å². The molecule has 3 amide bonds. The van der Waals surface area contributed by atoms with Gasteiger partial charge in [0, 0.05) is 37.4 Å². The summed E-state index contributed by atoms with van der Waals surface area (Å²) in [5.41, 5.74) is 0.946. The van der Waals surface area contributed by atoms with Gasteiger partial charge in [-0.3, -0.25) is 9.69 Å². The van der Waals surface area contributed by atoms with Gasteiger partial charge in [-0.05, 0) is 24.6 Å². The summed E-state index contributed by atoms with van der Waals surface area (Å²) in [5, 5.41) is 0.658. The Morgan fingerprint density at radius 3 is 2.81 bits per heavy atom. The number of carbonyl (C=O) groups is 2. The van der Waals surface area contributed by atoms with Crippen molar-refractivity contribution in [2.24, 2.45) is 4.99 Å². The smallest absolute Gasteiger partial charge is 0.325 e. The second-order valence-electron chi connectivity index (χ2n) is 6.85. The molecular formula is C18H22ClN5O2. The Balaban J connectivity index is 1.64. The van der Waals surface area contributed by atoms with Gasteiger partial charge in [0.15, 0.2) is 12.2 Å². The van der Waals surface area contributed by atoms with Crippen molar-refractivity contribution >= 4 is 35.2 Å². The van der Waals surface area contributed by atoms with E-state index in [1.165, 1.54) is 4.90 Å². The van der Waals surface area contributed by atoms with Gasteiger partial charge in [0.2, 0.25) is 5.96 Å². The fourth-order valence-corrected chi connectivity index (χ4v) is 4.03. The zero-order valence-electron chi connectivity index (χ0n) is 14.9. The molecule has 2 fully saturated rings. The summed E-state index contributed by atoms with van der Waals surface area (Å²) in [7, 11) is 1.72. The molecule has 0 bridgehead atoms. The lowest BCUT2D eigenvalue weighted by molar-refractivity contribution is -0.137. The summed E-state index contributed by atoms with van der Waals surface area (Å²) in [6.07, 6.45) is 1.28. The van der Waals surface area contributed by atoms with E-state index in [0.29, 0.717) is 18.1 Å². The topological polar surface area (TPSA) is 59.5 Å². The molecular weight excluding hydrogens is 354 g/mol. The number of guanidine groups is 1. The van der Waals surface area contributed by atoms with Crippen LogP contribution in [0.1, 0.15) is 19.8 Å². The van der Waals surface area contributed by atoms with E-state index in [9.17, 15) is 9.59 Å². The molecule has 26 heavy (non-hydrogen) atoms. The number of benzene rings is 1. The number of rotatable bonds is 4. The van der Waals surface area contributed by atoms with Crippen molar-refractivity contribution in [1.82, 2.24) is 14.7 Å². The predicted molar refractivity (Wildman–Crippen MR) is 100 cm³/mol. The molecule has 3 aliphatic heterocycles. The summed E-state index contributed by atoms with van der Waals surface area (Å²) in [5.74, 6) is 0.603. The number of unbranched alkanes of at least 4 members (excludes halogenated alkanes) is 1. The fourth-order valence-electron chi connectivity index (χ4n) is 3.85. The van der Waals surface area contributed by atoms with Gasteiger partial charge in [-0.2, -0.15) is 0 Å². The van der Waals surface area contributed by atoms with Crippen LogP contribution in [0.3, 0.4) is 0 Å². The largest absolute Gasteiger partial charge is 0.328 e. The van der Waals surface area contributed by atoms with Crippen molar-refractivity contribution in [3.8, 4) is 0 Å². The molecule has 3 heterocycles. The molecule has 0 saturated carbocycles. The number of halogens is 1. The Hall–Kier alpha value is -2.28. The van der Waals surface area contributed by atoms with E-state index in [2.05, 4.69) is 4.90 Å². The number of anilines is 1. The van der Waals surface area contributed by atoms with Crippen molar-refractivity contribution in [1.29, 1.82) is 0 Å². The number of hydrogen-bond donors (Lipinski definition) is 0. The molecule has 2 atom stereocenters. The summed E-state index contributed by atoms with van der Waals surface area (Å²) < 4.78 is 0. The first-order valence-electron chi connectivity index (χ1n) is 8.98. The van der Waals surface area contributed by atoms with E-state index in [1.807, 2.05) is 36.1 Å². The molecule has 3 aliphatic rings. The first-order chi connectivity index (χ1) is 12.5. The van der Waals surface area contributed by atoms with Crippen molar-refractivity contribution in [3.05, 3.63) is 29.3 Å². The van der Waals surface area contributed by atoms with Crippen LogP contribution in [0.4, 0.5) is 10.5 Å². The average Bonchev–Trinajstić information content (AvgIpc) is 3.19. The molecule has 8 heteroatoms. The van der Waals surface area contributed by atoms with Gasteiger partial charge >= 0.3 is 6.03 Å². The van der Waals surface area contributed by atoms with Crippen molar-refractivity contribution in [2.45, 2.75) is 32.0 Å². The molecule has 0 radical (unpaired) electrons. The Morgan fingerprint density at radius 2 is 2.08 bits per heavy atom. The second-order valence-corrected chi connectivity index (χ2v) is 7.29. The predicted octanol–water partition coefficient (Wildman–Crippen LogP) is 2.22. The molecule has 0 aromatic heterocycles. The van der Waals surface area contributed by atoms with E-state index < -0.39 is 12.2 Å². The Bertz CT molecular complexity index is 783. The highest BCUT2D eigenvalue weighted by Crippen LogP contribution is 2.33. The summed E-state index contributed by atoms with van der Waals surface area (Å²) >= 11 is 6.13. The average molecular weight is 376 g/mol. The first-order valence-corrected chi connectivity index (χ1v) is 9.36. The van der Waals surface area contributed by atoms with Gasteiger partial charge in [0.05, 0.1) is 0 Å². The highest BCUT2D eigenvalue weighted by Gasteiger charge is 2.54. The highest BCUT2D eigenvalue weighted by molar-refractivity contribution is 6.31. The molecule has 1 aromatic rings. The lowest BCUT2D eigenvalue weighted by atomic mass is 10.1. The van der Waals surface area contributed by atoms with E-state index in [0.717, 1.165) is 31.0 Å². The minimum absolute atomic E-state index is 0.141. The maximum absolute atomic E-state index is 13.0. The summed E-state index contributed by atoms with van der Waals surface area (Å²) in [6, 6.07) is 6.90. The molecule has 0 spiro atoms. The van der Waals surface area contributed by atoms with E-state index in [-0.39, 0.29) is 11.9 Å².